The van der Waals surface area contributed by atoms with Gasteiger partial charge in [0.1, 0.15) is 5.75 Å². The molecule has 0 amide bonds. The number of nitrogens with zero attached hydrogens (tertiary/aromatic N) is 3. The molecule has 168 valence electrons. The first kappa shape index (κ1) is 20.8. The molecule has 3 aliphatic rings. The number of benzene rings is 3. The smallest absolute Gasteiger partial charge is 0.200 e. The predicted octanol–water partition coefficient (Wildman–Crippen LogP) is 6.18. The maximum absolute atomic E-state index is 6.80. The van der Waals surface area contributed by atoms with E-state index in [-0.39, 0.29) is 6.04 Å². The Morgan fingerprint density at radius 1 is 1.00 bits per heavy atom. The molecule has 5 heteroatoms. The first-order valence-corrected chi connectivity index (χ1v) is 12.2. The zero-order chi connectivity index (χ0) is 22.4. The molecule has 0 radical (unpaired) electrons. The van der Waals surface area contributed by atoms with Crippen LogP contribution < -0.4 is 4.74 Å². The van der Waals surface area contributed by atoms with Crippen LogP contribution in [0.3, 0.4) is 0 Å². The summed E-state index contributed by atoms with van der Waals surface area (Å²) in [4.78, 5) is 2.53. The Bertz CT molecular complexity index is 1200. The van der Waals surface area contributed by atoms with E-state index >= 15 is 0 Å². The fourth-order valence-electron chi connectivity index (χ4n) is 5.49. The van der Waals surface area contributed by atoms with E-state index in [1.165, 1.54) is 16.7 Å². The van der Waals surface area contributed by atoms with Gasteiger partial charge < -0.3 is 4.74 Å². The molecule has 0 N–H and O–H groups in total. The van der Waals surface area contributed by atoms with Gasteiger partial charge in [0.05, 0.1) is 11.8 Å². The maximum atomic E-state index is 6.80. The Labute approximate surface area is 200 Å². The van der Waals surface area contributed by atoms with E-state index in [9.17, 15) is 0 Å². The third kappa shape index (κ3) is 3.71. The normalized spacial score (nSPS) is 21.3. The summed E-state index contributed by atoms with van der Waals surface area (Å²) in [5.41, 5.74) is 5.50. The number of piperidine rings is 1. The number of ether oxygens (including phenoxy) is 1. The van der Waals surface area contributed by atoms with Crippen LogP contribution in [0, 0.1) is 6.92 Å². The highest BCUT2D eigenvalue weighted by atomic mass is 35.5. The summed E-state index contributed by atoms with van der Waals surface area (Å²) >= 11 is 6.56. The monoisotopic (exact) mass is 457 g/mol. The number of hydrogen-bond donors (Lipinski definition) is 0. The van der Waals surface area contributed by atoms with E-state index < -0.39 is 5.72 Å². The minimum absolute atomic E-state index is 0.181. The van der Waals surface area contributed by atoms with Crippen molar-refractivity contribution in [2.45, 2.75) is 44.5 Å². The number of halogens is 1. The molecule has 0 saturated carbocycles. The molecule has 33 heavy (non-hydrogen) atoms. The van der Waals surface area contributed by atoms with Crippen LogP contribution >= 0.6 is 11.6 Å². The molecule has 3 aromatic rings. The van der Waals surface area contributed by atoms with Gasteiger partial charge in [-0.2, -0.15) is 5.10 Å². The molecular weight excluding hydrogens is 430 g/mol. The van der Waals surface area contributed by atoms with Crippen LogP contribution in [0.5, 0.6) is 5.75 Å². The van der Waals surface area contributed by atoms with Crippen LogP contribution in [0.15, 0.2) is 77.9 Å². The van der Waals surface area contributed by atoms with Crippen molar-refractivity contribution in [3.05, 3.63) is 100 Å². The highest BCUT2D eigenvalue weighted by Gasteiger charge is 2.51. The summed E-state index contributed by atoms with van der Waals surface area (Å²) in [5.74, 6) is 1.01. The molecule has 4 nitrogen and oxygen atoms in total. The van der Waals surface area contributed by atoms with Crippen molar-refractivity contribution < 1.29 is 4.74 Å². The Hall–Kier alpha value is -2.82. The molecule has 0 unspecified atom stereocenters. The lowest BCUT2D eigenvalue weighted by Gasteiger charge is -2.51. The summed E-state index contributed by atoms with van der Waals surface area (Å²) in [7, 11) is 0. The summed E-state index contributed by atoms with van der Waals surface area (Å²) in [6.45, 7) is 5.08. The number of likely N-dealkylation sites (tertiary alicyclic amines) is 1. The summed E-state index contributed by atoms with van der Waals surface area (Å²) in [6, 6.07) is 25.5. The van der Waals surface area contributed by atoms with E-state index in [0.717, 1.165) is 60.9 Å². The van der Waals surface area contributed by atoms with Gasteiger partial charge in [0.25, 0.3) is 0 Å². The average molecular weight is 458 g/mol. The Balaban J connectivity index is 1.32. The Morgan fingerprint density at radius 3 is 2.55 bits per heavy atom. The molecule has 1 spiro atoms. The fourth-order valence-corrected chi connectivity index (χ4v) is 5.74. The lowest BCUT2D eigenvalue weighted by molar-refractivity contribution is -0.150. The van der Waals surface area contributed by atoms with Gasteiger partial charge in [0.2, 0.25) is 5.72 Å². The third-order valence-electron chi connectivity index (χ3n) is 7.22. The van der Waals surface area contributed by atoms with Gasteiger partial charge in [0.15, 0.2) is 0 Å². The fraction of sp³-hybridized carbons (Fsp3) is 0.321. The summed E-state index contributed by atoms with van der Waals surface area (Å²) < 4.78 is 6.80. The van der Waals surface area contributed by atoms with E-state index in [4.69, 9.17) is 21.4 Å². The topological polar surface area (TPSA) is 28.1 Å². The second kappa shape index (κ2) is 8.19. The predicted molar refractivity (Wildman–Crippen MR) is 133 cm³/mol. The second-order valence-electron chi connectivity index (χ2n) is 9.44. The minimum Gasteiger partial charge on any atom is -0.466 e. The van der Waals surface area contributed by atoms with Gasteiger partial charge in [-0.3, -0.25) is 4.90 Å². The Kier molecular flexibility index (Phi) is 5.16. The highest BCUT2D eigenvalue weighted by molar-refractivity contribution is 6.34. The van der Waals surface area contributed by atoms with Crippen LogP contribution in [0.25, 0.3) is 0 Å². The lowest BCUT2D eigenvalue weighted by Crippen LogP contribution is -2.59. The molecule has 0 aliphatic carbocycles. The molecule has 0 aromatic heterocycles. The molecular formula is C28H28ClN3O. The molecule has 3 heterocycles. The quantitative estimate of drug-likeness (QED) is 0.469. The number of fused-ring (bicyclic) bond motifs is 4. The van der Waals surface area contributed by atoms with E-state index in [0.29, 0.717) is 0 Å². The van der Waals surface area contributed by atoms with Crippen molar-refractivity contribution in [2.75, 3.05) is 13.1 Å². The van der Waals surface area contributed by atoms with E-state index in [2.05, 4.69) is 71.4 Å². The SMILES string of the molecule is Cc1ccc2c(c1)[C@@H]1CC(c3ccccc3Cl)=NN1C1(CCN(Cc3ccccc3)CC1)O2. The van der Waals surface area contributed by atoms with Crippen molar-refractivity contribution in [1.82, 2.24) is 9.91 Å². The first-order valence-electron chi connectivity index (χ1n) is 11.8. The number of hydrogen-bond acceptors (Lipinski definition) is 4. The van der Waals surface area contributed by atoms with Crippen molar-refractivity contribution in [3.63, 3.8) is 0 Å². The van der Waals surface area contributed by atoms with Crippen molar-refractivity contribution in [3.8, 4) is 5.75 Å². The second-order valence-corrected chi connectivity index (χ2v) is 9.85. The van der Waals surface area contributed by atoms with E-state index in [1.54, 1.807) is 0 Å². The van der Waals surface area contributed by atoms with Crippen LogP contribution in [0.4, 0.5) is 0 Å². The van der Waals surface area contributed by atoms with E-state index in [1.807, 2.05) is 18.2 Å². The van der Waals surface area contributed by atoms with Gasteiger partial charge >= 0.3 is 0 Å². The number of aryl methyl sites for hydroxylation is 1. The molecule has 3 aliphatic heterocycles. The molecule has 1 saturated heterocycles. The zero-order valence-electron chi connectivity index (χ0n) is 18.9. The van der Waals surface area contributed by atoms with Crippen molar-refractivity contribution >= 4 is 17.3 Å². The molecule has 1 atom stereocenters. The standard InChI is InChI=1S/C28H28ClN3O/c1-20-11-12-27-23(17-20)26-18-25(22-9-5-6-10-24(22)29)30-32(26)28(33-27)13-15-31(16-14-28)19-21-7-3-2-4-8-21/h2-12,17,26H,13-16,18-19H2,1H3/t26-/m0/s1. The van der Waals surface area contributed by atoms with Crippen LogP contribution in [0.1, 0.15) is 47.6 Å². The van der Waals surface area contributed by atoms with Gasteiger partial charge in [-0.15, -0.1) is 0 Å². The van der Waals surface area contributed by atoms with Gasteiger partial charge in [-0.1, -0.05) is 77.8 Å². The number of hydrazone groups is 1. The van der Waals surface area contributed by atoms with Gasteiger partial charge in [0, 0.05) is 55.0 Å². The molecule has 6 rings (SSSR count). The van der Waals surface area contributed by atoms with Crippen LogP contribution in [-0.4, -0.2) is 34.4 Å². The van der Waals surface area contributed by atoms with Gasteiger partial charge in [-0.05, 0) is 24.6 Å². The minimum atomic E-state index is -0.414. The van der Waals surface area contributed by atoms with Crippen molar-refractivity contribution in [2.24, 2.45) is 5.10 Å². The summed E-state index contributed by atoms with van der Waals surface area (Å²) in [6.07, 6.45) is 2.69. The summed E-state index contributed by atoms with van der Waals surface area (Å²) in [5, 5.41) is 8.21. The van der Waals surface area contributed by atoms with Crippen molar-refractivity contribution in [1.29, 1.82) is 0 Å². The molecule has 0 bridgehead atoms. The van der Waals surface area contributed by atoms with Gasteiger partial charge in [-0.25, -0.2) is 5.01 Å². The molecule has 3 aromatic carbocycles. The zero-order valence-corrected chi connectivity index (χ0v) is 19.6. The first-order chi connectivity index (χ1) is 16.1. The largest absolute Gasteiger partial charge is 0.466 e. The third-order valence-corrected chi connectivity index (χ3v) is 7.55. The average Bonchev–Trinajstić information content (AvgIpc) is 3.29. The molecule has 1 fully saturated rings. The lowest BCUT2D eigenvalue weighted by atomic mass is 9.90. The number of rotatable bonds is 3. The van der Waals surface area contributed by atoms with Crippen LogP contribution in [-0.2, 0) is 6.54 Å². The Morgan fingerprint density at radius 2 is 1.76 bits per heavy atom. The van der Waals surface area contributed by atoms with Crippen LogP contribution in [0.2, 0.25) is 5.02 Å². The maximum Gasteiger partial charge on any atom is 0.200 e. The highest BCUT2D eigenvalue weighted by Crippen LogP contribution is 2.50.